The summed E-state index contributed by atoms with van der Waals surface area (Å²) < 4.78 is 16.8. The largest absolute Gasteiger partial charge is 0.450 e. The van der Waals surface area contributed by atoms with E-state index >= 15 is 0 Å². The fourth-order valence-corrected chi connectivity index (χ4v) is 3.27. The van der Waals surface area contributed by atoms with Crippen molar-refractivity contribution in [3.8, 4) is 0 Å². The molecule has 0 amide bonds. The van der Waals surface area contributed by atoms with E-state index in [1.165, 1.54) is 0 Å². The SMILES string of the molecule is O=C(OC1C=CC(OC(=O)c2ccccc2)C1OC(=O)c1ccccc1)c1ccccc1. The molecule has 4 rings (SSSR count). The second kappa shape index (κ2) is 9.75. The minimum absolute atomic E-state index is 0.334. The standard InChI is InChI=1S/C26H20O6/c27-24(18-10-4-1-5-11-18)30-21-16-17-22(31-25(28)19-12-6-2-7-13-19)23(21)32-26(29)20-14-8-3-9-15-20/h1-17,21-23H. The minimum Gasteiger partial charge on any atom is -0.450 e. The highest BCUT2D eigenvalue weighted by Gasteiger charge is 2.40. The molecule has 0 saturated carbocycles. The molecule has 32 heavy (non-hydrogen) atoms. The number of hydrogen-bond donors (Lipinski definition) is 0. The maximum atomic E-state index is 12.7. The van der Waals surface area contributed by atoms with Crippen LogP contribution >= 0.6 is 0 Å². The first kappa shape index (κ1) is 21.1. The Labute approximate surface area is 185 Å². The highest BCUT2D eigenvalue weighted by molar-refractivity contribution is 5.91. The lowest BCUT2D eigenvalue weighted by Gasteiger charge is -2.25. The van der Waals surface area contributed by atoms with Gasteiger partial charge in [-0.3, -0.25) is 0 Å². The first-order valence-electron chi connectivity index (χ1n) is 10.1. The number of carbonyl (C=O) groups excluding carboxylic acids is 3. The molecule has 0 aliphatic heterocycles. The molecule has 3 aromatic carbocycles. The Kier molecular flexibility index (Phi) is 6.41. The minimum atomic E-state index is -1.02. The van der Waals surface area contributed by atoms with Gasteiger partial charge in [-0.15, -0.1) is 0 Å². The highest BCUT2D eigenvalue weighted by Crippen LogP contribution is 2.25. The number of esters is 3. The van der Waals surface area contributed by atoms with Gasteiger partial charge in [-0.25, -0.2) is 14.4 Å². The molecule has 0 saturated heterocycles. The monoisotopic (exact) mass is 428 g/mol. The first-order chi connectivity index (χ1) is 15.6. The van der Waals surface area contributed by atoms with E-state index in [0.29, 0.717) is 16.7 Å². The summed E-state index contributed by atoms with van der Waals surface area (Å²) in [5, 5.41) is 0. The molecule has 0 aromatic heterocycles. The van der Waals surface area contributed by atoms with Crippen LogP contribution in [0.15, 0.2) is 103 Å². The van der Waals surface area contributed by atoms with Crippen molar-refractivity contribution in [2.24, 2.45) is 0 Å². The summed E-state index contributed by atoms with van der Waals surface area (Å²) >= 11 is 0. The summed E-state index contributed by atoms with van der Waals surface area (Å²) in [5.41, 5.74) is 1.05. The smallest absolute Gasteiger partial charge is 0.338 e. The van der Waals surface area contributed by atoms with Crippen LogP contribution < -0.4 is 0 Å². The van der Waals surface area contributed by atoms with E-state index in [9.17, 15) is 14.4 Å². The molecule has 6 heteroatoms. The molecule has 1 aliphatic rings. The van der Waals surface area contributed by atoms with Gasteiger partial charge in [0.1, 0.15) is 0 Å². The zero-order chi connectivity index (χ0) is 22.3. The zero-order valence-electron chi connectivity index (χ0n) is 17.0. The summed E-state index contributed by atoms with van der Waals surface area (Å²) in [5.74, 6) is -1.76. The van der Waals surface area contributed by atoms with Crippen LogP contribution in [0.2, 0.25) is 0 Å². The van der Waals surface area contributed by atoms with Gasteiger partial charge in [0.2, 0.25) is 0 Å². The Morgan fingerprint density at radius 3 is 1.12 bits per heavy atom. The number of rotatable bonds is 6. The van der Waals surface area contributed by atoms with Gasteiger partial charge >= 0.3 is 17.9 Å². The second-order valence-electron chi connectivity index (χ2n) is 7.09. The van der Waals surface area contributed by atoms with Gasteiger partial charge in [0.15, 0.2) is 18.3 Å². The molecule has 0 bridgehead atoms. The predicted octanol–water partition coefficient (Wildman–Crippen LogP) is 4.23. The molecule has 2 atom stereocenters. The summed E-state index contributed by atoms with van der Waals surface area (Å²) in [7, 11) is 0. The quantitative estimate of drug-likeness (QED) is 0.332. The highest BCUT2D eigenvalue weighted by atomic mass is 16.6. The second-order valence-corrected chi connectivity index (χ2v) is 7.09. The maximum Gasteiger partial charge on any atom is 0.338 e. The van der Waals surface area contributed by atoms with Crippen molar-refractivity contribution in [2.45, 2.75) is 18.3 Å². The van der Waals surface area contributed by atoms with E-state index in [1.54, 1.807) is 103 Å². The molecule has 0 spiro atoms. The molecular formula is C26H20O6. The third kappa shape index (κ3) is 4.92. The third-order valence-corrected chi connectivity index (χ3v) is 4.90. The number of ether oxygens (including phenoxy) is 3. The normalized spacial score (nSPS) is 19.2. The Balaban J connectivity index is 1.52. The van der Waals surface area contributed by atoms with E-state index in [-0.39, 0.29) is 0 Å². The van der Waals surface area contributed by atoms with Gasteiger partial charge in [-0.05, 0) is 48.6 Å². The average Bonchev–Trinajstić information content (AvgIpc) is 3.21. The van der Waals surface area contributed by atoms with Gasteiger partial charge < -0.3 is 14.2 Å². The van der Waals surface area contributed by atoms with Gasteiger partial charge in [-0.1, -0.05) is 54.6 Å². The molecule has 6 nitrogen and oxygen atoms in total. The van der Waals surface area contributed by atoms with Crippen LogP contribution in [0.5, 0.6) is 0 Å². The topological polar surface area (TPSA) is 78.9 Å². The van der Waals surface area contributed by atoms with Crippen molar-refractivity contribution < 1.29 is 28.6 Å². The molecule has 0 heterocycles. The molecule has 3 aromatic rings. The summed E-state index contributed by atoms with van der Waals surface area (Å²) in [6.45, 7) is 0. The van der Waals surface area contributed by atoms with E-state index < -0.39 is 36.2 Å². The molecule has 0 fully saturated rings. The third-order valence-electron chi connectivity index (χ3n) is 4.90. The van der Waals surface area contributed by atoms with E-state index in [4.69, 9.17) is 14.2 Å². The van der Waals surface area contributed by atoms with Gasteiger partial charge in [0.25, 0.3) is 0 Å². The van der Waals surface area contributed by atoms with E-state index in [1.807, 2.05) is 0 Å². The predicted molar refractivity (Wildman–Crippen MR) is 116 cm³/mol. The van der Waals surface area contributed by atoms with Crippen molar-refractivity contribution in [1.29, 1.82) is 0 Å². The number of hydrogen-bond acceptors (Lipinski definition) is 6. The Morgan fingerprint density at radius 1 is 0.469 bits per heavy atom. The molecule has 160 valence electrons. The Hall–Kier alpha value is -4.19. The van der Waals surface area contributed by atoms with E-state index in [0.717, 1.165) is 0 Å². The first-order valence-corrected chi connectivity index (χ1v) is 10.1. The average molecular weight is 428 g/mol. The van der Waals surface area contributed by atoms with Crippen molar-refractivity contribution in [3.05, 3.63) is 120 Å². The lowest BCUT2D eigenvalue weighted by Crippen LogP contribution is -2.40. The summed E-state index contributed by atoms with van der Waals surface area (Å²) in [4.78, 5) is 37.8. The van der Waals surface area contributed by atoms with Gasteiger partial charge in [0, 0.05) is 0 Å². The van der Waals surface area contributed by atoms with E-state index in [2.05, 4.69) is 0 Å². The van der Waals surface area contributed by atoms with Crippen LogP contribution in [0.3, 0.4) is 0 Å². The Bertz CT molecular complexity index is 1050. The Morgan fingerprint density at radius 2 is 0.781 bits per heavy atom. The number of carbonyl (C=O) groups is 3. The zero-order valence-corrected chi connectivity index (χ0v) is 17.0. The van der Waals surface area contributed by atoms with Crippen LogP contribution in [0.4, 0.5) is 0 Å². The summed E-state index contributed by atoms with van der Waals surface area (Å²) in [6.07, 6.45) is 0.273. The van der Waals surface area contributed by atoms with Crippen LogP contribution in [0.25, 0.3) is 0 Å². The van der Waals surface area contributed by atoms with Crippen LogP contribution in [-0.2, 0) is 14.2 Å². The molecule has 2 unspecified atom stereocenters. The van der Waals surface area contributed by atoms with Gasteiger partial charge in [0.05, 0.1) is 16.7 Å². The maximum absolute atomic E-state index is 12.7. The van der Waals surface area contributed by atoms with Crippen LogP contribution in [0.1, 0.15) is 31.1 Å². The molecular weight excluding hydrogens is 408 g/mol. The fraction of sp³-hybridized carbons (Fsp3) is 0.115. The van der Waals surface area contributed by atoms with Crippen LogP contribution in [0, 0.1) is 0 Å². The van der Waals surface area contributed by atoms with Crippen molar-refractivity contribution >= 4 is 17.9 Å². The molecule has 0 N–H and O–H groups in total. The van der Waals surface area contributed by atoms with Crippen LogP contribution in [-0.4, -0.2) is 36.2 Å². The lowest BCUT2D eigenvalue weighted by atomic mass is 10.1. The van der Waals surface area contributed by atoms with Crippen molar-refractivity contribution in [1.82, 2.24) is 0 Å². The fourth-order valence-electron chi connectivity index (χ4n) is 3.27. The summed E-state index contributed by atoms with van der Waals surface area (Å²) in [6, 6.07) is 25.4. The van der Waals surface area contributed by atoms with Crippen molar-refractivity contribution in [2.75, 3.05) is 0 Å². The number of benzene rings is 3. The van der Waals surface area contributed by atoms with Crippen molar-refractivity contribution in [3.63, 3.8) is 0 Å². The molecule has 1 aliphatic carbocycles. The lowest BCUT2D eigenvalue weighted by molar-refractivity contribution is -0.0546. The molecule has 0 radical (unpaired) electrons. The van der Waals surface area contributed by atoms with Gasteiger partial charge in [-0.2, -0.15) is 0 Å².